The van der Waals surface area contributed by atoms with Crippen molar-refractivity contribution in [3.63, 3.8) is 0 Å². The minimum Gasteiger partial charge on any atom is -0.469 e. The van der Waals surface area contributed by atoms with E-state index in [-0.39, 0.29) is 18.0 Å². The first-order chi connectivity index (χ1) is 10.3. The summed E-state index contributed by atoms with van der Waals surface area (Å²) in [5.74, 6) is 0.596. The van der Waals surface area contributed by atoms with Gasteiger partial charge in [0.05, 0.1) is 13.0 Å². The lowest BCUT2D eigenvalue weighted by Gasteiger charge is -2.36. The van der Waals surface area contributed by atoms with Gasteiger partial charge in [-0.2, -0.15) is 0 Å². The quantitative estimate of drug-likeness (QED) is 0.785. The molecule has 0 aromatic carbocycles. The summed E-state index contributed by atoms with van der Waals surface area (Å²) in [6.07, 6.45) is 1.60. The van der Waals surface area contributed by atoms with E-state index in [9.17, 15) is 9.59 Å². The van der Waals surface area contributed by atoms with Gasteiger partial charge in [0.25, 0.3) is 0 Å². The van der Waals surface area contributed by atoms with Crippen molar-refractivity contribution in [2.24, 2.45) is 17.8 Å². The van der Waals surface area contributed by atoms with Crippen LogP contribution in [0.4, 0.5) is 4.79 Å². The summed E-state index contributed by atoms with van der Waals surface area (Å²) in [5, 5.41) is 3.29. The molecule has 2 aliphatic rings. The first-order valence-electron chi connectivity index (χ1n) is 8.08. The topological polar surface area (TPSA) is 67.9 Å². The van der Waals surface area contributed by atoms with Crippen LogP contribution in [0.1, 0.15) is 33.6 Å². The third-order valence-electron chi connectivity index (χ3n) is 4.56. The molecule has 2 aliphatic heterocycles. The van der Waals surface area contributed by atoms with Crippen LogP contribution in [0.5, 0.6) is 0 Å². The van der Waals surface area contributed by atoms with Gasteiger partial charge >= 0.3 is 12.1 Å². The summed E-state index contributed by atoms with van der Waals surface area (Å²) in [6.45, 7) is 8.59. The molecule has 2 fully saturated rings. The van der Waals surface area contributed by atoms with Crippen molar-refractivity contribution in [2.45, 2.75) is 39.2 Å². The lowest BCUT2D eigenvalue weighted by molar-refractivity contribution is -0.147. The van der Waals surface area contributed by atoms with Crippen LogP contribution >= 0.6 is 0 Å². The maximum Gasteiger partial charge on any atom is 0.410 e. The molecule has 1 amide bonds. The van der Waals surface area contributed by atoms with Crippen molar-refractivity contribution in [3.05, 3.63) is 0 Å². The number of nitrogens with zero attached hydrogens (tertiary/aromatic N) is 1. The minimum atomic E-state index is -0.459. The van der Waals surface area contributed by atoms with Gasteiger partial charge in [0.2, 0.25) is 0 Å². The Kier molecular flexibility index (Phi) is 5.32. The van der Waals surface area contributed by atoms with Gasteiger partial charge in [0.15, 0.2) is 0 Å². The van der Waals surface area contributed by atoms with Crippen molar-refractivity contribution in [2.75, 3.05) is 33.3 Å². The van der Waals surface area contributed by atoms with Crippen molar-refractivity contribution in [1.82, 2.24) is 10.2 Å². The lowest BCUT2D eigenvalue weighted by Crippen LogP contribution is -2.44. The standard InChI is InChI=1S/C16H28N2O4/c1-16(2,3)22-15(20)18-7-5-11(6-8-18)12-9-17-10-13(12)14(19)21-4/h11-13,17H,5-10H2,1-4H3/t12-,13+/m1/s1. The highest BCUT2D eigenvalue weighted by Crippen LogP contribution is 2.33. The number of methoxy groups -OCH3 is 1. The first-order valence-corrected chi connectivity index (χ1v) is 8.08. The normalized spacial score (nSPS) is 26.8. The fraction of sp³-hybridized carbons (Fsp3) is 0.875. The van der Waals surface area contributed by atoms with Crippen molar-refractivity contribution < 1.29 is 19.1 Å². The molecule has 0 unspecified atom stereocenters. The predicted octanol–water partition coefficient (Wildman–Crippen LogP) is 1.64. The number of hydrogen-bond acceptors (Lipinski definition) is 5. The van der Waals surface area contributed by atoms with Crippen molar-refractivity contribution >= 4 is 12.1 Å². The Morgan fingerprint density at radius 3 is 2.32 bits per heavy atom. The van der Waals surface area contributed by atoms with Gasteiger partial charge in [0.1, 0.15) is 5.60 Å². The zero-order valence-electron chi connectivity index (χ0n) is 14.1. The molecule has 0 aromatic heterocycles. The molecule has 0 aromatic rings. The fourth-order valence-electron chi connectivity index (χ4n) is 3.44. The molecule has 0 radical (unpaired) electrons. The number of carbonyl (C=O) groups is 2. The number of ether oxygens (including phenoxy) is 2. The molecule has 0 aliphatic carbocycles. The third-order valence-corrected chi connectivity index (χ3v) is 4.56. The zero-order chi connectivity index (χ0) is 16.3. The number of esters is 1. The van der Waals surface area contributed by atoms with E-state index in [0.717, 1.165) is 19.4 Å². The molecule has 6 nitrogen and oxygen atoms in total. The molecule has 6 heteroatoms. The maximum absolute atomic E-state index is 12.1. The number of nitrogens with one attached hydrogen (secondary N) is 1. The number of piperidine rings is 1. The second-order valence-corrected chi connectivity index (χ2v) is 7.26. The van der Waals surface area contributed by atoms with Gasteiger partial charge in [-0.1, -0.05) is 0 Å². The van der Waals surface area contributed by atoms with E-state index in [1.165, 1.54) is 7.11 Å². The Balaban J connectivity index is 1.87. The second-order valence-electron chi connectivity index (χ2n) is 7.26. The fourth-order valence-corrected chi connectivity index (χ4v) is 3.44. The molecule has 22 heavy (non-hydrogen) atoms. The predicted molar refractivity (Wildman–Crippen MR) is 82.4 cm³/mol. The molecule has 0 saturated carbocycles. The van der Waals surface area contributed by atoms with Crippen LogP contribution in [0, 0.1) is 17.8 Å². The van der Waals surface area contributed by atoms with E-state index in [1.54, 1.807) is 4.90 Å². The smallest absolute Gasteiger partial charge is 0.410 e. The molecule has 0 spiro atoms. The number of carbonyl (C=O) groups excluding carboxylic acids is 2. The Labute approximate surface area is 132 Å². The van der Waals surface area contributed by atoms with Crippen LogP contribution in [0.3, 0.4) is 0 Å². The van der Waals surface area contributed by atoms with E-state index < -0.39 is 5.60 Å². The summed E-state index contributed by atoms with van der Waals surface area (Å²) in [6, 6.07) is 0. The Morgan fingerprint density at radius 2 is 1.77 bits per heavy atom. The number of hydrogen-bond donors (Lipinski definition) is 1. The monoisotopic (exact) mass is 312 g/mol. The van der Waals surface area contributed by atoms with Crippen LogP contribution in [0.15, 0.2) is 0 Å². The summed E-state index contributed by atoms with van der Waals surface area (Å²) in [7, 11) is 1.45. The van der Waals surface area contributed by atoms with Crippen LogP contribution < -0.4 is 5.32 Å². The highest BCUT2D eigenvalue weighted by Gasteiger charge is 2.40. The largest absolute Gasteiger partial charge is 0.469 e. The van der Waals surface area contributed by atoms with E-state index in [2.05, 4.69) is 5.32 Å². The Hall–Kier alpha value is -1.30. The van der Waals surface area contributed by atoms with Gasteiger partial charge in [-0.15, -0.1) is 0 Å². The van der Waals surface area contributed by atoms with Crippen LogP contribution in [-0.4, -0.2) is 55.9 Å². The summed E-state index contributed by atoms with van der Waals surface area (Å²) >= 11 is 0. The van der Waals surface area contributed by atoms with E-state index in [1.807, 2.05) is 20.8 Å². The molecule has 2 rings (SSSR count). The number of rotatable bonds is 2. The average molecular weight is 312 g/mol. The molecule has 2 saturated heterocycles. The third kappa shape index (κ3) is 4.12. The SMILES string of the molecule is COC(=O)[C@H]1CNC[C@@H]1C1CCN(C(=O)OC(C)(C)C)CC1. The molecule has 126 valence electrons. The van der Waals surface area contributed by atoms with E-state index >= 15 is 0 Å². The molecule has 1 N–H and O–H groups in total. The number of likely N-dealkylation sites (tertiary alicyclic amines) is 1. The molecular formula is C16H28N2O4. The van der Waals surface area contributed by atoms with Gasteiger partial charge in [0, 0.05) is 19.6 Å². The average Bonchev–Trinajstić information content (AvgIpc) is 2.94. The van der Waals surface area contributed by atoms with Gasteiger partial charge < -0.3 is 19.7 Å². The van der Waals surface area contributed by atoms with Crippen LogP contribution in [-0.2, 0) is 14.3 Å². The second kappa shape index (κ2) is 6.86. The summed E-state index contributed by atoms with van der Waals surface area (Å²) in [4.78, 5) is 25.7. The first kappa shape index (κ1) is 17.1. The maximum atomic E-state index is 12.1. The highest BCUT2D eigenvalue weighted by molar-refractivity contribution is 5.73. The van der Waals surface area contributed by atoms with Crippen LogP contribution in [0.25, 0.3) is 0 Å². The summed E-state index contributed by atoms with van der Waals surface area (Å²) in [5.41, 5.74) is -0.459. The summed E-state index contributed by atoms with van der Waals surface area (Å²) < 4.78 is 10.3. The minimum absolute atomic E-state index is 0.0527. The number of amides is 1. The molecular weight excluding hydrogens is 284 g/mol. The van der Waals surface area contributed by atoms with Gasteiger partial charge in [-0.3, -0.25) is 4.79 Å². The van der Waals surface area contributed by atoms with Gasteiger partial charge in [-0.25, -0.2) is 4.79 Å². The molecule has 2 heterocycles. The van der Waals surface area contributed by atoms with Crippen LogP contribution in [0.2, 0.25) is 0 Å². The molecule has 2 atom stereocenters. The molecule has 0 bridgehead atoms. The van der Waals surface area contributed by atoms with Crippen molar-refractivity contribution in [1.29, 1.82) is 0 Å². The van der Waals surface area contributed by atoms with Gasteiger partial charge in [-0.05, 0) is 52.0 Å². The van der Waals surface area contributed by atoms with Crippen molar-refractivity contribution in [3.8, 4) is 0 Å². The highest BCUT2D eigenvalue weighted by atomic mass is 16.6. The Morgan fingerprint density at radius 1 is 1.14 bits per heavy atom. The zero-order valence-corrected chi connectivity index (χ0v) is 14.1. The van der Waals surface area contributed by atoms with E-state index in [0.29, 0.717) is 31.5 Å². The lowest BCUT2D eigenvalue weighted by atomic mass is 9.78. The van der Waals surface area contributed by atoms with E-state index in [4.69, 9.17) is 9.47 Å². The Bertz CT molecular complexity index is 411.